The third kappa shape index (κ3) is 4.24. The van der Waals surface area contributed by atoms with Crippen molar-refractivity contribution in [3.8, 4) is 17.1 Å². The Morgan fingerprint density at radius 2 is 2.00 bits per heavy atom. The van der Waals surface area contributed by atoms with Gasteiger partial charge in [-0.1, -0.05) is 41.9 Å². The second kappa shape index (κ2) is 7.64. The van der Waals surface area contributed by atoms with Gasteiger partial charge in [-0.15, -0.1) is 0 Å². The van der Waals surface area contributed by atoms with Gasteiger partial charge in [0.05, 0.1) is 17.1 Å². The number of rotatable bonds is 5. The Morgan fingerprint density at radius 3 is 2.75 bits per heavy atom. The lowest BCUT2D eigenvalue weighted by Crippen LogP contribution is -2.09. The smallest absolute Gasteiger partial charge is 0.311 e. The normalized spacial score (nSPS) is 10.6. The fraction of sp³-hybridized carbons (Fsp3) is 0.111. The van der Waals surface area contributed by atoms with Gasteiger partial charge in [0.2, 0.25) is 0 Å². The number of carbonyl (C=O) groups is 1. The van der Waals surface area contributed by atoms with Crippen molar-refractivity contribution in [3.63, 3.8) is 0 Å². The second-order valence-corrected chi connectivity index (χ2v) is 6.32. The molecule has 122 valence electrons. The van der Waals surface area contributed by atoms with E-state index < -0.39 is 0 Å². The van der Waals surface area contributed by atoms with E-state index in [0.717, 1.165) is 5.56 Å². The molecule has 3 rings (SSSR count). The summed E-state index contributed by atoms with van der Waals surface area (Å²) in [6, 6.07) is 14.7. The van der Waals surface area contributed by atoms with E-state index in [1.165, 1.54) is 0 Å². The number of aromatic nitrogens is 1. The summed E-state index contributed by atoms with van der Waals surface area (Å²) in [5.74, 6) is 1.25. The minimum atomic E-state index is -0.363. The highest BCUT2D eigenvalue weighted by Crippen LogP contribution is 2.28. The largest absolute Gasteiger partial charge is 0.441 e. The van der Waals surface area contributed by atoms with E-state index in [9.17, 15) is 4.79 Å². The van der Waals surface area contributed by atoms with Crippen LogP contribution in [0.2, 0.25) is 5.02 Å². The molecule has 1 heterocycles. The van der Waals surface area contributed by atoms with E-state index in [0.29, 0.717) is 33.3 Å². The standard InChI is InChI=1S/C18H13BrClNO3/c19-14-10-13(20)6-7-15(14)24-18(22)9-8-17-21-11-16(23-17)12-4-2-1-3-5-12/h1-7,10-11H,8-9H2. The van der Waals surface area contributed by atoms with Crippen LogP contribution in [0.1, 0.15) is 12.3 Å². The zero-order chi connectivity index (χ0) is 16.9. The predicted octanol–water partition coefficient (Wildman–Crippen LogP) is 5.30. The number of carbonyl (C=O) groups excluding carboxylic acids is 1. The first kappa shape index (κ1) is 16.7. The number of ether oxygens (including phenoxy) is 1. The van der Waals surface area contributed by atoms with Crippen LogP contribution in [0.15, 0.2) is 63.6 Å². The molecule has 0 amide bonds. The number of nitrogens with zero attached hydrogens (tertiary/aromatic N) is 1. The average molecular weight is 407 g/mol. The molecule has 0 aliphatic rings. The molecule has 0 saturated carbocycles. The molecule has 0 aliphatic heterocycles. The molecule has 0 fully saturated rings. The molecule has 1 aromatic heterocycles. The van der Waals surface area contributed by atoms with Gasteiger partial charge in [0, 0.05) is 17.0 Å². The van der Waals surface area contributed by atoms with Crippen molar-refractivity contribution in [2.45, 2.75) is 12.8 Å². The number of esters is 1. The van der Waals surface area contributed by atoms with Gasteiger partial charge in [-0.3, -0.25) is 4.79 Å². The van der Waals surface area contributed by atoms with E-state index in [1.54, 1.807) is 24.4 Å². The van der Waals surface area contributed by atoms with Crippen molar-refractivity contribution < 1.29 is 13.9 Å². The summed E-state index contributed by atoms with van der Waals surface area (Å²) in [5.41, 5.74) is 0.948. The summed E-state index contributed by atoms with van der Waals surface area (Å²) >= 11 is 9.16. The van der Waals surface area contributed by atoms with Crippen molar-refractivity contribution in [2.75, 3.05) is 0 Å². The molecule has 2 aromatic carbocycles. The summed E-state index contributed by atoms with van der Waals surface area (Å²) in [4.78, 5) is 16.2. The Morgan fingerprint density at radius 1 is 1.21 bits per heavy atom. The van der Waals surface area contributed by atoms with Crippen LogP contribution < -0.4 is 4.74 Å². The maximum Gasteiger partial charge on any atom is 0.311 e. The van der Waals surface area contributed by atoms with Crippen molar-refractivity contribution >= 4 is 33.5 Å². The summed E-state index contributed by atoms with van der Waals surface area (Å²) in [5, 5.41) is 0.565. The van der Waals surface area contributed by atoms with E-state index in [1.807, 2.05) is 30.3 Å². The van der Waals surface area contributed by atoms with E-state index in [2.05, 4.69) is 20.9 Å². The third-order valence-corrected chi connectivity index (χ3v) is 4.13. The number of hydrogen-bond donors (Lipinski definition) is 0. The molecular weight excluding hydrogens is 394 g/mol. The Labute approximate surface area is 152 Å². The highest BCUT2D eigenvalue weighted by atomic mass is 79.9. The molecule has 0 aliphatic carbocycles. The Bertz CT molecular complexity index is 848. The van der Waals surface area contributed by atoms with Crippen molar-refractivity contribution in [1.29, 1.82) is 0 Å². The SMILES string of the molecule is O=C(CCc1ncc(-c2ccccc2)o1)Oc1ccc(Cl)cc1Br. The van der Waals surface area contributed by atoms with Gasteiger partial charge in [-0.2, -0.15) is 0 Å². The summed E-state index contributed by atoms with van der Waals surface area (Å²) < 4.78 is 11.6. The molecule has 6 heteroatoms. The Hall–Kier alpha value is -2.11. The fourth-order valence-electron chi connectivity index (χ4n) is 2.10. The Kier molecular flexibility index (Phi) is 5.33. The zero-order valence-corrected chi connectivity index (χ0v) is 14.9. The zero-order valence-electron chi connectivity index (χ0n) is 12.5. The molecule has 24 heavy (non-hydrogen) atoms. The molecule has 4 nitrogen and oxygen atoms in total. The summed E-state index contributed by atoms with van der Waals surface area (Å²) in [6.45, 7) is 0. The molecule has 0 N–H and O–H groups in total. The first-order valence-electron chi connectivity index (χ1n) is 7.27. The van der Waals surface area contributed by atoms with Crippen LogP contribution >= 0.6 is 27.5 Å². The minimum Gasteiger partial charge on any atom is -0.441 e. The third-order valence-electron chi connectivity index (χ3n) is 3.27. The number of benzene rings is 2. The number of hydrogen-bond acceptors (Lipinski definition) is 4. The van der Waals surface area contributed by atoms with Crippen molar-refractivity contribution in [1.82, 2.24) is 4.98 Å². The highest BCUT2D eigenvalue weighted by Gasteiger charge is 2.12. The fourth-order valence-corrected chi connectivity index (χ4v) is 2.87. The lowest BCUT2D eigenvalue weighted by atomic mass is 10.2. The number of oxazole rings is 1. The van der Waals surface area contributed by atoms with Gasteiger partial charge in [0.1, 0.15) is 5.75 Å². The quantitative estimate of drug-likeness (QED) is 0.426. The maximum absolute atomic E-state index is 12.0. The van der Waals surface area contributed by atoms with Gasteiger partial charge in [0.15, 0.2) is 11.7 Å². The van der Waals surface area contributed by atoms with Crippen LogP contribution in [0.25, 0.3) is 11.3 Å². The van der Waals surface area contributed by atoms with Crippen molar-refractivity contribution in [3.05, 3.63) is 70.1 Å². The van der Waals surface area contributed by atoms with E-state index in [4.69, 9.17) is 20.8 Å². The molecule has 0 atom stereocenters. The summed E-state index contributed by atoms with van der Waals surface area (Å²) in [7, 11) is 0. The van der Waals surface area contributed by atoms with Crippen LogP contribution in [0, 0.1) is 0 Å². The molecule has 3 aromatic rings. The van der Waals surface area contributed by atoms with E-state index >= 15 is 0 Å². The summed E-state index contributed by atoms with van der Waals surface area (Å²) in [6.07, 6.45) is 2.20. The van der Waals surface area contributed by atoms with Crippen LogP contribution in [0.3, 0.4) is 0 Å². The maximum atomic E-state index is 12.0. The van der Waals surface area contributed by atoms with Gasteiger partial charge in [-0.25, -0.2) is 4.98 Å². The molecule has 0 saturated heterocycles. The molecule has 0 unspecified atom stereocenters. The van der Waals surface area contributed by atoms with Gasteiger partial charge in [0.25, 0.3) is 0 Å². The van der Waals surface area contributed by atoms with Crippen LogP contribution in [0.5, 0.6) is 5.75 Å². The first-order chi connectivity index (χ1) is 11.6. The van der Waals surface area contributed by atoms with Crippen molar-refractivity contribution in [2.24, 2.45) is 0 Å². The van der Waals surface area contributed by atoms with E-state index in [-0.39, 0.29) is 12.4 Å². The number of halogens is 2. The molecule has 0 spiro atoms. The molecule has 0 radical (unpaired) electrons. The Balaban J connectivity index is 1.58. The van der Waals surface area contributed by atoms with Gasteiger partial charge < -0.3 is 9.15 Å². The minimum absolute atomic E-state index is 0.170. The molecular formula is C18H13BrClNO3. The van der Waals surface area contributed by atoms with Gasteiger partial charge in [-0.05, 0) is 34.1 Å². The first-order valence-corrected chi connectivity index (χ1v) is 8.45. The predicted molar refractivity (Wildman–Crippen MR) is 95.0 cm³/mol. The lowest BCUT2D eigenvalue weighted by Gasteiger charge is -2.05. The monoisotopic (exact) mass is 405 g/mol. The number of aryl methyl sites for hydroxylation is 1. The lowest BCUT2D eigenvalue weighted by molar-refractivity contribution is -0.134. The van der Waals surface area contributed by atoms with Crippen LogP contribution in [-0.2, 0) is 11.2 Å². The van der Waals surface area contributed by atoms with Crippen LogP contribution in [0.4, 0.5) is 0 Å². The van der Waals surface area contributed by atoms with Crippen LogP contribution in [-0.4, -0.2) is 11.0 Å². The topological polar surface area (TPSA) is 52.3 Å². The highest BCUT2D eigenvalue weighted by molar-refractivity contribution is 9.10. The average Bonchev–Trinajstić information content (AvgIpc) is 3.05. The van der Waals surface area contributed by atoms with Gasteiger partial charge >= 0.3 is 5.97 Å². The molecule has 0 bridgehead atoms. The second-order valence-electron chi connectivity index (χ2n) is 5.03.